The number of hydrogen-bond donors (Lipinski definition) is 2. The largest absolute Gasteiger partial charge is 0.408 e. The van der Waals surface area contributed by atoms with E-state index in [1.54, 1.807) is 7.11 Å². The Morgan fingerprint density at radius 3 is 3.00 bits per heavy atom. The highest BCUT2D eigenvalue weighted by Crippen LogP contribution is 2.05. The first kappa shape index (κ1) is 11.9. The molecule has 0 fully saturated rings. The van der Waals surface area contributed by atoms with Crippen LogP contribution in [-0.4, -0.2) is 37.0 Å². The zero-order valence-corrected chi connectivity index (χ0v) is 9.03. The second-order valence-electron chi connectivity index (χ2n) is 3.17. The number of ether oxygens (including phenoxy) is 1. The lowest BCUT2D eigenvalue weighted by atomic mass is 10.3. The number of aromatic nitrogens is 2. The molecule has 15 heavy (non-hydrogen) atoms. The first-order chi connectivity index (χ1) is 7.36. The molecule has 6 heteroatoms. The Bertz CT molecular complexity index is 264. The third-order valence-electron chi connectivity index (χ3n) is 1.88. The van der Waals surface area contributed by atoms with Crippen LogP contribution < -0.4 is 11.1 Å². The van der Waals surface area contributed by atoms with E-state index in [2.05, 4.69) is 15.5 Å². The van der Waals surface area contributed by atoms with Crippen molar-refractivity contribution in [2.75, 3.05) is 32.1 Å². The van der Waals surface area contributed by atoms with Crippen LogP contribution in [0, 0.1) is 0 Å². The van der Waals surface area contributed by atoms with Gasteiger partial charge in [0.15, 0.2) is 0 Å². The Morgan fingerprint density at radius 2 is 2.27 bits per heavy atom. The number of nitrogens with zero attached hydrogens (tertiary/aromatic N) is 2. The van der Waals surface area contributed by atoms with E-state index in [0.29, 0.717) is 24.9 Å². The summed E-state index contributed by atoms with van der Waals surface area (Å²) in [6.45, 7) is 2.12. The molecule has 1 aromatic rings. The Kier molecular flexibility index (Phi) is 5.72. The summed E-state index contributed by atoms with van der Waals surface area (Å²) in [4.78, 5) is 0. The van der Waals surface area contributed by atoms with Gasteiger partial charge in [0.2, 0.25) is 5.89 Å². The van der Waals surface area contributed by atoms with E-state index in [1.165, 1.54) is 0 Å². The van der Waals surface area contributed by atoms with Crippen molar-refractivity contribution in [2.45, 2.75) is 19.3 Å². The van der Waals surface area contributed by atoms with Gasteiger partial charge in [0, 0.05) is 33.2 Å². The molecule has 0 aliphatic carbocycles. The number of nitrogens with two attached hydrogens (primary N) is 1. The molecular formula is C9H18N4O2. The van der Waals surface area contributed by atoms with Gasteiger partial charge in [-0.2, -0.15) is 0 Å². The van der Waals surface area contributed by atoms with Gasteiger partial charge in [-0.1, -0.05) is 5.10 Å². The van der Waals surface area contributed by atoms with E-state index in [-0.39, 0.29) is 0 Å². The van der Waals surface area contributed by atoms with E-state index in [9.17, 15) is 0 Å². The van der Waals surface area contributed by atoms with Crippen LogP contribution in [0.2, 0.25) is 0 Å². The predicted molar refractivity (Wildman–Crippen MR) is 56.7 cm³/mol. The van der Waals surface area contributed by atoms with Crippen LogP contribution in [0.25, 0.3) is 0 Å². The maximum absolute atomic E-state index is 5.36. The molecule has 0 spiro atoms. The second-order valence-corrected chi connectivity index (χ2v) is 3.17. The lowest BCUT2D eigenvalue weighted by molar-refractivity contribution is 0.193. The highest BCUT2D eigenvalue weighted by molar-refractivity contribution is 5.16. The van der Waals surface area contributed by atoms with Gasteiger partial charge in [0.05, 0.1) is 0 Å². The van der Waals surface area contributed by atoms with Crippen LogP contribution in [0.1, 0.15) is 18.7 Å². The summed E-state index contributed by atoms with van der Waals surface area (Å²) in [6, 6.07) is 0.468. The lowest BCUT2D eigenvalue weighted by Gasteiger charge is -2.00. The fourth-order valence-electron chi connectivity index (χ4n) is 1.12. The maximum atomic E-state index is 5.36. The quantitative estimate of drug-likeness (QED) is 0.609. The average Bonchev–Trinajstić information content (AvgIpc) is 2.66. The number of unbranched alkanes of at least 4 members (excludes halogenated alkanes) is 1. The first-order valence-corrected chi connectivity index (χ1v) is 5.12. The van der Waals surface area contributed by atoms with Gasteiger partial charge in [-0.15, -0.1) is 5.10 Å². The van der Waals surface area contributed by atoms with E-state index < -0.39 is 0 Å². The third kappa shape index (κ3) is 4.75. The molecule has 0 saturated carbocycles. The highest BCUT2D eigenvalue weighted by Gasteiger charge is 2.03. The van der Waals surface area contributed by atoms with Crippen molar-refractivity contribution in [1.29, 1.82) is 0 Å². The molecule has 0 bridgehead atoms. The van der Waals surface area contributed by atoms with E-state index in [1.807, 2.05) is 0 Å². The molecule has 0 amide bonds. The molecule has 0 unspecified atom stereocenters. The number of hydrogen-bond acceptors (Lipinski definition) is 6. The SMILES string of the molecule is COCCCCNc1nnc(CCN)o1. The molecule has 1 aromatic heterocycles. The summed E-state index contributed by atoms with van der Waals surface area (Å²) in [6.07, 6.45) is 2.66. The number of methoxy groups -OCH3 is 1. The summed E-state index contributed by atoms with van der Waals surface area (Å²) >= 11 is 0. The number of rotatable bonds is 8. The highest BCUT2D eigenvalue weighted by atomic mass is 16.5. The molecule has 0 aliphatic rings. The Morgan fingerprint density at radius 1 is 1.40 bits per heavy atom. The van der Waals surface area contributed by atoms with Crippen LogP contribution in [0.5, 0.6) is 0 Å². The van der Waals surface area contributed by atoms with Crippen molar-refractivity contribution in [1.82, 2.24) is 10.2 Å². The van der Waals surface area contributed by atoms with Crippen LogP contribution in [-0.2, 0) is 11.2 Å². The Labute approximate surface area is 89.2 Å². The molecule has 0 radical (unpaired) electrons. The number of anilines is 1. The topological polar surface area (TPSA) is 86.2 Å². The summed E-state index contributed by atoms with van der Waals surface area (Å²) in [7, 11) is 1.70. The minimum absolute atomic E-state index is 0.468. The fourth-order valence-corrected chi connectivity index (χ4v) is 1.12. The molecule has 0 saturated heterocycles. The number of nitrogens with one attached hydrogen (secondary N) is 1. The second kappa shape index (κ2) is 7.19. The van der Waals surface area contributed by atoms with Gasteiger partial charge in [0.1, 0.15) is 0 Å². The van der Waals surface area contributed by atoms with Crippen LogP contribution in [0.4, 0.5) is 6.01 Å². The Balaban J connectivity index is 2.14. The minimum atomic E-state index is 0.468. The average molecular weight is 214 g/mol. The van der Waals surface area contributed by atoms with Crippen LogP contribution in [0.15, 0.2) is 4.42 Å². The molecule has 3 N–H and O–H groups in total. The monoisotopic (exact) mass is 214 g/mol. The van der Waals surface area contributed by atoms with E-state index >= 15 is 0 Å². The standard InChI is InChI=1S/C9H18N4O2/c1-14-7-3-2-6-11-9-13-12-8(15-9)4-5-10/h2-7,10H2,1H3,(H,11,13). The molecular weight excluding hydrogens is 196 g/mol. The third-order valence-corrected chi connectivity index (χ3v) is 1.88. The van der Waals surface area contributed by atoms with Crippen molar-refractivity contribution in [2.24, 2.45) is 5.73 Å². The molecule has 0 aliphatic heterocycles. The van der Waals surface area contributed by atoms with Crippen LogP contribution in [0.3, 0.4) is 0 Å². The maximum Gasteiger partial charge on any atom is 0.315 e. The van der Waals surface area contributed by atoms with Gasteiger partial charge in [-0.3, -0.25) is 0 Å². The predicted octanol–water partition coefficient (Wildman–Crippen LogP) is 0.409. The van der Waals surface area contributed by atoms with E-state index in [0.717, 1.165) is 26.0 Å². The summed E-state index contributed by atoms with van der Waals surface area (Å²) in [5, 5.41) is 10.7. The lowest BCUT2D eigenvalue weighted by Crippen LogP contribution is -2.03. The van der Waals surface area contributed by atoms with Gasteiger partial charge in [-0.25, -0.2) is 0 Å². The van der Waals surface area contributed by atoms with Crippen molar-refractivity contribution in [3.05, 3.63) is 5.89 Å². The molecule has 1 rings (SSSR count). The van der Waals surface area contributed by atoms with Crippen molar-refractivity contribution in [3.8, 4) is 0 Å². The molecule has 6 nitrogen and oxygen atoms in total. The van der Waals surface area contributed by atoms with Crippen molar-refractivity contribution in [3.63, 3.8) is 0 Å². The molecule has 0 aromatic carbocycles. The van der Waals surface area contributed by atoms with E-state index in [4.69, 9.17) is 14.9 Å². The zero-order valence-electron chi connectivity index (χ0n) is 9.03. The fraction of sp³-hybridized carbons (Fsp3) is 0.778. The Hall–Kier alpha value is -1.14. The van der Waals surface area contributed by atoms with Gasteiger partial charge >= 0.3 is 6.01 Å². The molecule has 0 atom stereocenters. The van der Waals surface area contributed by atoms with Gasteiger partial charge in [0.25, 0.3) is 0 Å². The van der Waals surface area contributed by atoms with Gasteiger partial charge < -0.3 is 20.2 Å². The normalized spacial score (nSPS) is 10.5. The summed E-state index contributed by atoms with van der Waals surface area (Å²) < 4.78 is 10.2. The first-order valence-electron chi connectivity index (χ1n) is 5.12. The van der Waals surface area contributed by atoms with Gasteiger partial charge in [-0.05, 0) is 12.8 Å². The molecule has 1 heterocycles. The smallest absolute Gasteiger partial charge is 0.315 e. The van der Waals surface area contributed by atoms with Crippen molar-refractivity contribution < 1.29 is 9.15 Å². The minimum Gasteiger partial charge on any atom is -0.408 e. The summed E-state index contributed by atoms with van der Waals surface area (Å²) in [5.74, 6) is 0.580. The molecule has 86 valence electrons. The zero-order chi connectivity index (χ0) is 10.9. The van der Waals surface area contributed by atoms with Crippen LogP contribution >= 0.6 is 0 Å². The van der Waals surface area contributed by atoms with Crippen molar-refractivity contribution >= 4 is 6.01 Å². The summed E-state index contributed by atoms with van der Waals surface area (Å²) in [5.41, 5.74) is 5.36.